The molecular formula is C23H41NO8. The Morgan fingerprint density at radius 3 is 1.59 bits per heavy atom. The van der Waals surface area contributed by atoms with Gasteiger partial charge in [0.25, 0.3) is 0 Å². The molecule has 0 aromatic heterocycles. The lowest BCUT2D eigenvalue weighted by molar-refractivity contribution is -0.152. The van der Waals surface area contributed by atoms with Crippen molar-refractivity contribution in [1.29, 1.82) is 0 Å². The highest BCUT2D eigenvalue weighted by Crippen LogP contribution is 2.10. The molecule has 1 atom stereocenters. The Labute approximate surface area is 191 Å². The molecule has 0 aromatic rings. The minimum atomic E-state index is -1.14. The van der Waals surface area contributed by atoms with Crippen LogP contribution >= 0.6 is 0 Å². The fourth-order valence-electron chi connectivity index (χ4n) is 3.15. The van der Waals surface area contributed by atoms with E-state index in [4.69, 9.17) is 14.6 Å². The van der Waals surface area contributed by atoms with E-state index in [-0.39, 0.29) is 39.0 Å². The van der Waals surface area contributed by atoms with Crippen molar-refractivity contribution in [1.82, 2.24) is 4.90 Å². The zero-order valence-electron chi connectivity index (χ0n) is 19.7. The van der Waals surface area contributed by atoms with E-state index < -0.39 is 36.5 Å². The number of esters is 2. The van der Waals surface area contributed by atoms with Crippen LogP contribution in [0.5, 0.6) is 0 Å². The fraction of sp³-hybridized carbons (Fsp3) is 0.826. The van der Waals surface area contributed by atoms with Crippen molar-refractivity contribution >= 4 is 23.9 Å². The van der Waals surface area contributed by atoms with Gasteiger partial charge in [0.1, 0.15) is 13.2 Å². The van der Waals surface area contributed by atoms with Gasteiger partial charge in [-0.25, -0.2) is 0 Å². The summed E-state index contributed by atoms with van der Waals surface area (Å²) in [5.74, 6) is -3.02. The highest BCUT2D eigenvalue weighted by molar-refractivity contribution is 5.71. The molecule has 0 aliphatic heterocycles. The molecule has 0 bridgehead atoms. The van der Waals surface area contributed by atoms with Crippen LogP contribution in [0.2, 0.25) is 0 Å². The van der Waals surface area contributed by atoms with Crippen LogP contribution in [-0.4, -0.2) is 71.3 Å². The average Bonchev–Trinajstić information content (AvgIpc) is 2.74. The van der Waals surface area contributed by atoms with Gasteiger partial charge in [0.2, 0.25) is 0 Å². The summed E-state index contributed by atoms with van der Waals surface area (Å²) < 4.78 is 10.6. The lowest BCUT2D eigenvalue weighted by Gasteiger charge is -2.29. The normalized spacial score (nSPS) is 11.8. The van der Waals surface area contributed by atoms with E-state index in [2.05, 4.69) is 13.8 Å². The first-order chi connectivity index (χ1) is 15.3. The second-order valence-electron chi connectivity index (χ2n) is 8.00. The van der Waals surface area contributed by atoms with Gasteiger partial charge in [-0.3, -0.25) is 24.1 Å². The number of unbranched alkanes of at least 4 members (excludes halogenated alkanes) is 7. The number of carboxylic acids is 2. The molecule has 0 radical (unpaired) electrons. The Bertz CT molecular complexity index is 552. The Hall–Kier alpha value is -2.16. The van der Waals surface area contributed by atoms with E-state index in [9.17, 15) is 24.3 Å². The maximum atomic E-state index is 12.1. The second kappa shape index (κ2) is 19.5. The molecular weight excluding hydrogens is 418 g/mol. The van der Waals surface area contributed by atoms with Gasteiger partial charge < -0.3 is 19.7 Å². The molecule has 0 saturated heterocycles. The molecule has 186 valence electrons. The van der Waals surface area contributed by atoms with Crippen molar-refractivity contribution in [2.45, 2.75) is 96.9 Å². The van der Waals surface area contributed by atoms with Crippen molar-refractivity contribution in [3.05, 3.63) is 0 Å². The van der Waals surface area contributed by atoms with Crippen LogP contribution < -0.4 is 0 Å². The summed E-state index contributed by atoms with van der Waals surface area (Å²) in [6.45, 7) is 3.35. The van der Waals surface area contributed by atoms with Crippen LogP contribution in [0.25, 0.3) is 0 Å². The number of carboxylic acid groups (broad SMARTS) is 2. The minimum absolute atomic E-state index is 0.0606. The van der Waals surface area contributed by atoms with E-state index in [1.807, 2.05) is 0 Å². The molecule has 0 amide bonds. The third-order valence-corrected chi connectivity index (χ3v) is 5.06. The number of aliphatic carboxylic acids is 2. The summed E-state index contributed by atoms with van der Waals surface area (Å²) in [7, 11) is 0. The lowest BCUT2D eigenvalue weighted by Crippen LogP contribution is -2.46. The molecule has 32 heavy (non-hydrogen) atoms. The number of nitrogens with zero attached hydrogens (tertiary/aromatic N) is 1. The van der Waals surface area contributed by atoms with Crippen molar-refractivity contribution in [2.75, 3.05) is 26.3 Å². The monoisotopic (exact) mass is 459 g/mol. The first-order valence-electron chi connectivity index (χ1n) is 11.8. The number of rotatable bonds is 21. The van der Waals surface area contributed by atoms with Gasteiger partial charge in [-0.1, -0.05) is 58.8 Å². The van der Waals surface area contributed by atoms with Crippen LogP contribution in [0.3, 0.4) is 0 Å². The quantitative estimate of drug-likeness (QED) is 0.195. The van der Waals surface area contributed by atoms with E-state index in [1.54, 1.807) is 0 Å². The summed E-state index contributed by atoms with van der Waals surface area (Å²) in [4.78, 5) is 47.7. The Morgan fingerprint density at radius 1 is 0.688 bits per heavy atom. The molecule has 1 unspecified atom stereocenters. The number of hydrogen-bond acceptors (Lipinski definition) is 7. The summed E-state index contributed by atoms with van der Waals surface area (Å²) >= 11 is 0. The zero-order chi connectivity index (χ0) is 24.2. The van der Waals surface area contributed by atoms with Crippen molar-refractivity contribution in [3.8, 4) is 0 Å². The fourth-order valence-corrected chi connectivity index (χ4v) is 3.15. The number of hydrogen-bond donors (Lipinski definition) is 2. The molecule has 0 fully saturated rings. The summed E-state index contributed by atoms with van der Waals surface area (Å²) in [5, 5.41) is 18.2. The predicted molar refractivity (Wildman–Crippen MR) is 119 cm³/mol. The van der Waals surface area contributed by atoms with Crippen LogP contribution in [0.15, 0.2) is 0 Å². The molecule has 9 nitrogen and oxygen atoms in total. The van der Waals surface area contributed by atoms with Crippen LogP contribution in [0.4, 0.5) is 0 Å². The summed E-state index contributed by atoms with van der Waals surface area (Å²) in [6.07, 6.45) is 8.91. The molecule has 0 spiro atoms. The Balaban J connectivity index is 4.82. The van der Waals surface area contributed by atoms with Gasteiger partial charge in [0.15, 0.2) is 0 Å². The maximum Gasteiger partial charge on any atom is 0.317 e. The number of carbonyl (C=O) groups is 4. The first-order valence-corrected chi connectivity index (χ1v) is 11.8. The summed E-state index contributed by atoms with van der Waals surface area (Å²) in [6, 6.07) is -0.728. The molecule has 0 heterocycles. The third kappa shape index (κ3) is 17.5. The number of ether oxygens (including phenoxy) is 2. The Morgan fingerprint density at radius 2 is 1.16 bits per heavy atom. The van der Waals surface area contributed by atoms with Crippen LogP contribution in [0.1, 0.15) is 90.9 Å². The van der Waals surface area contributed by atoms with E-state index in [0.717, 1.165) is 44.9 Å². The molecule has 0 aliphatic rings. The van der Waals surface area contributed by atoms with E-state index in [0.29, 0.717) is 12.8 Å². The highest BCUT2D eigenvalue weighted by Gasteiger charge is 2.25. The van der Waals surface area contributed by atoms with Crippen LogP contribution in [0, 0.1) is 0 Å². The lowest BCUT2D eigenvalue weighted by atomic mass is 10.1. The first kappa shape index (κ1) is 29.8. The topological polar surface area (TPSA) is 130 Å². The Kier molecular flexibility index (Phi) is 18.2. The maximum absolute atomic E-state index is 12.1. The average molecular weight is 460 g/mol. The van der Waals surface area contributed by atoms with Crippen molar-refractivity contribution < 1.29 is 38.9 Å². The molecule has 9 heteroatoms. The van der Waals surface area contributed by atoms with Gasteiger partial charge in [-0.15, -0.1) is 0 Å². The van der Waals surface area contributed by atoms with Crippen molar-refractivity contribution in [2.24, 2.45) is 0 Å². The zero-order valence-corrected chi connectivity index (χ0v) is 19.7. The molecule has 0 saturated carbocycles. The van der Waals surface area contributed by atoms with Gasteiger partial charge >= 0.3 is 23.9 Å². The SMILES string of the molecule is CCCCCCCC(=O)OCC(COC(=O)CCCCCC)N(CCC(=O)O)CC(=O)O. The smallest absolute Gasteiger partial charge is 0.317 e. The van der Waals surface area contributed by atoms with Crippen LogP contribution in [-0.2, 0) is 28.7 Å². The minimum Gasteiger partial charge on any atom is -0.481 e. The largest absolute Gasteiger partial charge is 0.481 e. The van der Waals surface area contributed by atoms with Gasteiger partial charge in [-0.05, 0) is 12.8 Å². The molecule has 0 rings (SSSR count). The predicted octanol–water partition coefficient (Wildman–Crippen LogP) is 3.63. The standard InChI is InChI=1S/C23H41NO8/c1-3-5-7-9-11-13-23(30)32-18-19(17-31-22(29)12-10-8-6-4-2)24(16-21(27)28)15-14-20(25)26/h19H,3-18H2,1-2H3,(H,25,26)(H,27,28). The van der Waals surface area contributed by atoms with E-state index >= 15 is 0 Å². The van der Waals surface area contributed by atoms with Gasteiger partial charge in [-0.2, -0.15) is 0 Å². The highest BCUT2D eigenvalue weighted by atomic mass is 16.5. The van der Waals surface area contributed by atoms with Crippen molar-refractivity contribution in [3.63, 3.8) is 0 Å². The molecule has 2 N–H and O–H groups in total. The molecule has 0 aromatic carbocycles. The van der Waals surface area contributed by atoms with Gasteiger partial charge in [0.05, 0.1) is 19.0 Å². The third-order valence-electron chi connectivity index (χ3n) is 5.06. The second-order valence-corrected chi connectivity index (χ2v) is 8.00. The number of carbonyl (C=O) groups excluding carboxylic acids is 2. The summed E-state index contributed by atoms with van der Waals surface area (Å²) in [5.41, 5.74) is 0. The van der Waals surface area contributed by atoms with Gasteiger partial charge in [0, 0.05) is 19.4 Å². The van der Waals surface area contributed by atoms with E-state index in [1.165, 1.54) is 4.90 Å². The molecule has 0 aliphatic carbocycles.